The first-order valence-corrected chi connectivity index (χ1v) is 0. The molecule has 0 heterocycles. The Morgan fingerprint density at radius 2 is 0.400 bits per heavy atom. The quantitative estimate of drug-likeness (QED) is 0.212. The van der Waals surface area contributed by atoms with Gasteiger partial charge in [-0.15, -0.1) is 0 Å². The Morgan fingerprint density at radius 1 is 0.400 bits per heavy atom. The van der Waals surface area contributed by atoms with Crippen molar-refractivity contribution in [3.05, 3.63) is 0 Å². The van der Waals surface area contributed by atoms with Gasteiger partial charge in [0.15, 0.2) is 0 Å². The largest absolute Gasteiger partial charge is 3.00 e. The number of hydrogen-bond acceptors (Lipinski definition) is 0. The van der Waals surface area contributed by atoms with E-state index in [9.17, 15) is 0 Å². The van der Waals surface area contributed by atoms with Crippen LogP contribution in [0.25, 0.3) is 0 Å². The maximum Gasteiger partial charge on any atom is 3.00 e. The van der Waals surface area contributed by atoms with Crippen molar-refractivity contribution in [2.45, 2.75) is 0 Å². The minimum absolute atomic E-state index is 0. The average molecular weight is 1330 g/mol. The van der Waals surface area contributed by atoms with Gasteiger partial charge in [-0.05, 0) is 0 Å². The molecular formula is CsDyI7Nd. The van der Waals surface area contributed by atoms with E-state index in [0.717, 1.165) is 0 Å². The second-order valence-electron chi connectivity index (χ2n) is 0. The molecule has 0 aliphatic rings. The third-order valence-corrected chi connectivity index (χ3v) is 0. The minimum atomic E-state index is 0. The van der Waals surface area contributed by atoms with Crippen LogP contribution < -0.4 is 237 Å². The number of halogens is 7. The molecule has 2 radical (unpaired) electrons. The smallest absolute Gasteiger partial charge is 1.00 e. The van der Waals surface area contributed by atoms with E-state index in [1.165, 1.54) is 0 Å². The van der Waals surface area contributed by atoms with Crippen LogP contribution in [0.15, 0.2) is 0 Å². The van der Waals surface area contributed by atoms with Crippen molar-refractivity contribution < 1.29 is 316 Å². The molecule has 0 nitrogen and oxygen atoms in total. The molecule has 0 bridgehead atoms. The van der Waals surface area contributed by atoms with Crippen LogP contribution in [0.1, 0.15) is 0 Å². The molecule has 0 unspecified atom stereocenters. The zero-order valence-corrected chi connectivity index (χ0v) is 31.1. The molecule has 0 aromatic rings. The van der Waals surface area contributed by atoms with E-state index in [0.29, 0.717) is 0 Å². The molecule has 0 amide bonds. The summed E-state index contributed by atoms with van der Waals surface area (Å²) in [5.74, 6) is 0. The van der Waals surface area contributed by atoms with Gasteiger partial charge in [0, 0.05) is 0 Å². The first kappa shape index (κ1) is 72.9. The van der Waals surface area contributed by atoms with Crippen molar-refractivity contribution in [2.24, 2.45) is 0 Å². The Kier molecular flexibility index (Phi) is 453. The van der Waals surface area contributed by atoms with Gasteiger partial charge in [0.1, 0.15) is 0 Å². The van der Waals surface area contributed by atoms with E-state index in [1.54, 1.807) is 0 Å². The predicted molar refractivity (Wildman–Crippen MR) is 0 cm³/mol. The summed E-state index contributed by atoms with van der Waals surface area (Å²) in [4.78, 5) is 0. The standard InChI is InChI=1S/Cs.Dy.7HI.Nd/h;;7*1H;/q+1;+3;;;;;;;;+3/p-7. The van der Waals surface area contributed by atoms with Crippen LogP contribution in [0.5, 0.6) is 0 Å². The molecule has 0 aromatic carbocycles. The second kappa shape index (κ2) is 62.1. The van der Waals surface area contributed by atoms with Crippen molar-refractivity contribution in [3.63, 3.8) is 0 Å². The monoisotopic (exact) mass is 1330 g/mol. The Balaban J connectivity index is 0. The van der Waals surface area contributed by atoms with Gasteiger partial charge in [0.2, 0.25) is 0 Å². The summed E-state index contributed by atoms with van der Waals surface area (Å²) in [6.07, 6.45) is 0. The Hall–Kier alpha value is 9.79. The summed E-state index contributed by atoms with van der Waals surface area (Å²) in [5, 5.41) is 0. The fourth-order valence-corrected chi connectivity index (χ4v) is 0. The van der Waals surface area contributed by atoms with E-state index in [2.05, 4.69) is 0 Å². The Labute approximate surface area is 304 Å². The second-order valence-corrected chi connectivity index (χ2v) is 0. The molecule has 0 spiro atoms. The van der Waals surface area contributed by atoms with Crippen molar-refractivity contribution in [2.75, 3.05) is 0 Å². The summed E-state index contributed by atoms with van der Waals surface area (Å²) >= 11 is 0. The van der Waals surface area contributed by atoms with Gasteiger partial charge in [-0.25, -0.2) is 0 Å². The molecule has 0 saturated carbocycles. The van der Waals surface area contributed by atoms with Gasteiger partial charge in [-0.1, -0.05) is 0 Å². The fourth-order valence-electron chi connectivity index (χ4n) is 0. The van der Waals surface area contributed by atoms with Gasteiger partial charge >= 0.3 is 148 Å². The molecule has 0 N–H and O–H groups in total. The van der Waals surface area contributed by atoms with Gasteiger partial charge in [0.25, 0.3) is 0 Å². The molecule has 64 valence electrons. The zero-order chi connectivity index (χ0) is 0. The van der Waals surface area contributed by atoms with Gasteiger partial charge < -0.3 is 168 Å². The third kappa shape index (κ3) is 52.3. The van der Waals surface area contributed by atoms with Crippen molar-refractivity contribution in [1.29, 1.82) is 0 Å². The zero-order valence-electron chi connectivity index (χ0n) is 4.46. The van der Waals surface area contributed by atoms with Crippen LogP contribution in [0.2, 0.25) is 0 Å². The average Bonchev–Trinajstić information content (AvgIpc) is 0. The van der Waals surface area contributed by atoms with Gasteiger partial charge in [0.05, 0.1) is 0 Å². The van der Waals surface area contributed by atoms with Crippen LogP contribution in [-0.2, 0) is 0 Å². The summed E-state index contributed by atoms with van der Waals surface area (Å²) < 4.78 is 0. The van der Waals surface area contributed by atoms with Crippen LogP contribution in [-0.4, -0.2) is 0 Å². The molecule has 0 saturated heterocycles. The first-order chi connectivity index (χ1) is 0. The maximum atomic E-state index is 0. The molecule has 10 heavy (non-hydrogen) atoms. The Morgan fingerprint density at radius 3 is 0.400 bits per heavy atom. The summed E-state index contributed by atoms with van der Waals surface area (Å²) in [6.45, 7) is 0. The van der Waals surface area contributed by atoms with E-state index in [4.69, 9.17) is 0 Å². The van der Waals surface area contributed by atoms with E-state index in [1.807, 2.05) is 0 Å². The van der Waals surface area contributed by atoms with Gasteiger partial charge in [-0.2, -0.15) is 0 Å². The van der Waals surface area contributed by atoms with Crippen LogP contribution in [0.4, 0.5) is 0 Å². The van der Waals surface area contributed by atoms with Crippen molar-refractivity contribution in [1.82, 2.24) is 0 Å². The topological polar surface area (TPSA) is 0 Å². The molecule has 0 aromatic heterocycles. The van der Waals surface area contributed by atoms with Gasteiger partial charge in [-0.3, -0.25) is 0 Å². The van der Waals surface area contributed by atoms with E-state index >= 15 is 0 Å². The first-order valence-electron chi connectivity index (χ1n) is 0. The molecular weight excluding hydrogens is 1330 g/mol. The normalized spacial score (nSPS) is 0. The molecule has 0 atom stereocenters. The number of hydrogen-bond donors (Lipinski definition) is 0. The van der Waals surface area contributed by atoms with Crippen molar-refractivity contribution >= 4 is 0 Å². The van der Waals surface area contributed by atoms with Crippen LogP contribution in [0.3, 0.4) is 0 Å². The molecule has 10 heteroatoms. The SMILES string of the molecule is [Cs+].[Dy+3].[I-].[I-].[I-].[I-].[I-].[I-].[I-].[Nd+3]. The molecule has 0 fully saturated rings. The summed E-state index contributed by atoms with van der Waals surface area (Å²) in [6, 6.07) is 0. The van der Waals surface area contributed by atoms with E-state index < -0.39 is 0 Å². The summed E-state index contributed by atoms with van der Waals surface area (Å²) in [5.41, 5.74) is 0. The summed E-state index contributed by atoms with van der Waals surface area (Å²) in [7, 11) is 0. The molecule has 0 aliphatic carbocycles. The minimum Gasteiger partial charge on any atom is -1.00 e. The molecule has 0 aliphatic heterocycles. The molecule has 0 rings (SSSR count). The van der Waals surface area contributed by atoms with Crippen LogP contribution >= 0.6 is 0 Å². The Bertz CT molecular complexity index is 13.6. The fraction of sp³-hybridized carbons (Fsp3) is 0. The number of rotatable bonds is 0. The maximum absolute atomic E-state index is 0. The third-order valence-electron chi connectivity index (χ3n) is 0. The van der Waals surface area contributed by atoms with Crippen molar-refractivity contribution in [3.8, 4) is 0 Å². The predicted octanol–water partition coefficient (Wildman–Crippen LogP) is -24.0. The van der Waals surface area contributed by atoms with E-state index in [-0.39, 0.29) is 316 Å². The van der Waals surface area contributed by atoms with Crippen LogP contribution in [0, 0.1) is 79.0 Å².